The Bertz CT molecular complexity index is 431. The first kappa shape index (κ1) is 12.0. The molecule has 5 heteroatoms. The van der Waals surface area contributed by atoms with Crippen molar-refractivity contribution in [2.24, 2.45) is 0 Å². The highest BCUT2D eigenvalue weighted by Gasteiger charge is 2.14. The molecular formula is C12H13ClO4. The molecule has 0 saturated carbocycles. The molecule has 0 fully saturated rings. The van der Waals surface area contributed by atoms with Gasteiger partial charge in [0.25, 0.3) is 0 Å². The number of aryl methyl sites for hydroxylation is 1. The first-order chi connectivity index (χ1) is 8.16. The maximum Gasteiger partial charge on any atom is 0.303 e. The Morgan fingerprint density at radius 2 is 1.94 bits per heavy atom. The number of benzene rings is 1. The van der Waals surface area contributed by atoms with Crippen LogP contribution in [0.1, 0.15) is 18.4 Å². The predicted octanol–water partition coefficient (Wildman–Crippen LogP) is 2.52. The summed E-state index contributed by atoms with van der Waals surface area (Å²) in [6, 6.07) is 3.46. The van der Waals surface area contributed by atoms with Gasteiger partial charge in [0, 0.05) is 23.9 Å². The second-order valence-electron chi connectivity index (χ2n) is 3.83. The Labute approximate surface area is 104 Å². The molecule has 0 aromatic heterocycles. The minimum atomic E-state index is -0.840. The van der Waals surface area contributed by atoms with Crippen LogP contribution >= 0.6 is 11.6 Å². The molecule has 0 spiro atoms. The lowest BCUT2D eigenvalue weighted by atomic mass is 10.1. The van der Waals surface area contributed by atoms with Gasteiger partial charge in [-0.15, -0.1) is 0 Å². The number of carbonyl (C=O) groups is 1. The van der Waals surface area contributed by atoms with Gasteiger partial charge in [0.15, 0.2) is 11.5 Å². The maximum absolute atomic E-state index is 10.5. The summed E-state index contributed by atoms with van der Waals surface area (Å²) in [5.41, 5.74) is 0.776. The third kappa shape index (κ3) is 3.03. The number of hydrogen-bond donors (Lipinski definition) is 1. The van der Waals surface area contributed by atoms with Crippen molar-refractivity contribution in [2.75, 3.05) is 13.2 Å². The minimum absolute atomic E-state index is 0.0549. The second-order valence-corrected chi connectivity index (χ2v) is 4.24. The average molecular weight is 257 g/mol. The Morgan fingerprint density at radius 1 is 1.29 bits per heavy atom. The number of hydrogen-bond acceptors (Lipinski definition) is 3. The van der Waals surface area contributed by atoms with Gasteiger partial charge in [-0.1, -0.05) is 11.6 Å². The van der Waals surface area contributed by atoms with Crippen LogP contribution in [0.5, 0.6) is 11.5 Å². The first-order valence-corrected chi connectivity index (χ1v) is 5.84. The average Bonchev–Trinajstić information content (AvgIpc) is 2.50. The first-order valence-electron chi connectivity index (χ1n) is 5.46. The SMILES string of the molecule is O=C(O)CCc1cc2c(cc1Cl)OCCCO2. The van der Waals surface area contributed by atoms with E-state index in [1.807, 2.05) is 0 Å². The summed E-state index contributed by atoms with van der Waals surface area (Å²) in [5, 5.41) is 9.17. The number of aliphatic carboxylic acids is 1. The van der Waals surface area contributed by atoms with Gasteiger partial charge in [0.1, 0.15) is 0 Å². The van der Waals surface area contributed by atoms with Gasteiger partial charge in [-0.3, -0.25) is 4.79 Å². The van der Waals surface area contributed by atoms with Gasteiger partial charge >= 0.3 is 5.97 Å². The van der Waals surface area contributed by atoms with Gasteiger partial charge in [-0.2, -0.15) is 0 Å². The molecule has 2 rings (SSSR count). The predicted molar refractivity (Wildman–Crippen MR) is 63.0 cm³/mol. The van der Waals surface area contributed by atoms with Crippen molar-refractivity contribution < 1.29 is 19.4 Å². The van der Waals surface area contributed by atoms with Crippen molar-refractivity contribution in [3.05, 3.63) is 22.7 Å². The quantitative estimate of drug-likeness (QED) is 0.903. The Balaban J connectivity index is 2.22. The lowest BCUT2D eigenvalue weighted by Gasteiger charge is -2.10. The molecule has 1 aliphatic heterocycles. The number of fused-ring (bicyclic) bond motifs is 1. The summed E-state index contributed by atoms with van der Waals surface area (Å²) in [4.78, 5) is 10.5. The zero-order valence-corrected chi connectivity index (χ0v) is 10.00. The molecule has 0 unspecified atom stereocenters. The van der Waals surface area contributed by atoms with E-state index in [1.54, 1.807) is 12.1 Å². The van der Waals surface area contributed by atoms with E-state index in [2.05, 4.69) is 0 Å². The fraction of sp³-hybridized carbons (Fsp3) is 0.417. The molecule has 17 heavy (non-hydrogen) atoms. The fourth-order valence-corrected chi connectivity index (χ4v) is 1.91. The lowest BCUT2D eigenvalue weighted by molar-refractivity contribution is -0.136. The van der Waals surface area contributed by atoms with Crippen molar-refractivity contribution in [1.82, 2.24) is 0 Å². The Hall–Kier alpha value is -1.42. The highest BCUT2D eigenvalue weighted by Crippen LogP contribution is 2.35. The summed E-state index contributed by atoms with van der Waals surface area (Å²) in [7, 11) is 0. The molecule has 0 bridgehead atoms. The van der Waals surface area contributed by atoms with E-state index in [-0.39, 0.29) is 6.42 Å². The monoisotopic (exact) mass is 256 g/mol. The maximum atomic E-state index is 10.5. The Kier molecular flexibility index (Phi) is 3.74. The van der Waals surface area contributed by atoms with Crippen LogP contribution in [0, 0.1) is 0 Å². The zero-order valence-electron chi connectivity index (χ0n) is 9.24. The van der Waals surface area contributed by atoms with Gasteiger partial charge < -0.3 is 14.6 Å². The molecule has 1 N–H and O–H groups in total. The molecule has 0 radical (unpaired) electrons. The number of carboxylic acid groups (broad SMARTS) is 1. The van der Waals surface area contributed by atoms with Crippen LogP contribution in [0.2, 0.25) is 5.02 Å². The molecule has 1 aromatic rings. The van der Waals surface area contributed by atoms with Crippen LogP contribution in [0.3, 0.4) is 0 Å². The van der Waals surface area contributed by atoms with E-state index in [4.69, 9.17) is 26.2 Å². The van der Waals surface area contributed by atoms with Crippen LogP contribution in [-0.4, -0.2) is 24.3 Å². The van der Waals surface area contributed by atoms with Crippen LogP contribution in [0.4, 0.5) is 0 Å². The topological polar surface area (TPSA) is 55.8 Å². The molecule has 0 atom stereocenters. The summed E-state index contributed by atoms with van der Waals surface area (Å²) in [5.74, 6) is 0.437. The Morgan fingerprint density at radius 3 is 2.59 bits per heavy atom. The van der Waals surface area contributed by atoms with E-state index in [9.17, 15) is 4.79 Å². The van der Waals surface area contributed by atoms with Gasteiger partial charge in [0.2, 0.25) is 0 Å². The largest absolute Gasteiger partial charge is 0.490 e. The van der Waals surface area contributed by atoms with Gasteiger partial charge in [-0.05, 0) is 18.1 Å². The van der Waals surface area contributed by atoms with E-state index in [1.165, 1.54) is 0 Å². The smallest absolute Gasteiger partial charge is 0.303 e. The van der Waals surface area contributed by atoms with Gasteiger partial charge in [-0.25, -0.2) is 0 Å². The van der Waals surface area contributed by atoms with Crippen LogP contribution < -0.4 is 9.47 Å². The molecular weight excluding hydrogens is 244 g/mol. The van der Waals surface area contributed by atoms with Crippen molar-refractivity contribution in [2.45, 2.75) is 19.3 Å². The minimum Gasteiger partial charge on any atom is -0.490 e. The van der Waals surface area contributed by atoms with Crippen LogP contribution in [0.15, 0.2) is 12.1 Å². The number of carboxylic acids is 1. The van der Waals surface area contributed by atoms with Crippen molar-refractivity contribution in [3.63, 3.8) is 0 Å². The summed E-state index contributed by atoms with van der Waals surface area (Å²) in [6.07, 6.45) is 1.28. The van der Waals surface area contributed by atoms with E-state index in [0.29, 0.717) is 36.2 Å². The summed E-state index contributed by atoms with van der Waals surface area (Å²) < 4.78 is 11.0. The normalized spacial score (nSPS) is 14.2. The third-order valence-electron chi connectivity index (χ3n) is 2.52. The van der Waals surface area contributed by atoms with Crippen LogP contribution in [-0.2, 0) is 11.2 Å². The molecule has 1 aliphatic rings. The molecule has 1 heterocycles. The molecule has 0 aliphatic carbocycles. The molecule has 4 nitrogen and oxygen atoms in total. The van der Waals surface area contributed by atoms with E-state index < -0.39 is 5.97 Å². The highest BCUT2D eigenvalue weighted by molar-refractivity contribution is 6.31. The van der Waals surface area contributed by atoms with Crippen molar-refractivity contribution >= 4 is 17.6 Å². The molecule has 0 saturated heterocycles. The van der Waals surface area contributed by atoms with Crippen molar-refractivity contribution in [3.8, 4) is 11.5 Å². The standard InChI is InChI=1S/C12H13ClO4/c13-9-7-11-10(16-4-1-5-17-11)6-8(9)2-3-12(14)15/h6-7H,1-5H2,(H,14,15). The fourth-order valence-electron chi connectivity index (χ4n) is 1.66. The molecule has 1 aromatic carbocycles. The zero-order chi connectivity index (χ0) is 12.3. The van der Waals surface area contributed by atoms with Gasteiger partial charge in [0.05, 0.1) is 13.2 Å². The summed E-state index contributed by atoms with van der Waals surface area (Å²) in [6.45, 7) is 1.21. The number of rotatable bonds is 3. The molecule has 0 amide bonds. The summed E-state index contributed by atoms with van der Waals surface area (Å²) >= 11 is 6.07. The van der Waals surface area contributed by atoms with Crippen molar-refractivity contribution in [1.29, 1.82) is 0 Å². The third-order valence-corrected chi connectivity index (χ3v) is 2.88. The van der Waals surface area contributed by atoms with E-state index >= 15 is 0 Å². The number of halogens is 1. The van der Waals surface area contributed by atoms with Crippen LogP contribution in [0.25, 0.3) is 0 Å². The second kappa shape index (κ2) is 5.27. The number of ether oxygens (including phenoxy) is 2. The highest BCUT2D eigenvalue weighted by atomic mass is 35.5. The lowest BCUT2D eigenvalue weighted by Crippen LogP contribution is -1.99. The molecule has 92 valence electrons. The van der Waals surface area contributed by atoms with E-state index in [0.717, 1.165) is 12.0 Å².